The molecule has 1 atom stereocenters. The molecule has 0 bridgehead atoms. The molecule has 1 N–H and O–H groups in total. The first-order valence-electron chi connectivity index (χ1n) is 10.1. The number of nitrogens with one attached hydrogen (secondary N) is 1. The van der Waals surface area contributed by atoms with Crippen LogP contribution in [0, 0.1) is 6.92 Å². The summed E-state index contributed by atoms with van der Waals surface area (Å²) < 4.78 is 11.4. The molecule has 4 rings (SSSR count). The Hall–Kier alpha value is -3.31. The minimum atomic E-state index is -0.453. The van der Waals surface area contributed by atoms with Crippen LogP contribution in [-0.4, -0.2) is 31.1 Å². The number of carbonyl (C=O) groups excluding carboxylic acids is 1. The molecule has 5 heteroatoms. The van der Waals surface area contributed by atoms with Crippen LogP contribution in [-0.2, 0) is 11.3 Å². The highest BCUT2D eigenvalue weighted by molar-refractivity contribution is 5.96. The van der Waals surface area contributed by atoms with Crippen molar-refractivity contribution in [2.75, 3.05) is 25.6 Å². The molecular formula is C25H26N2O3. The molecule has 154 valence electrons. The number of aryl methyl sites for hydroxylation is 1. The van der Waals surface area contributed by atoms with E-state index >= 15 is 0 Å². The molecule has 1 aliphatic heterocycles. The third kappa shape index (κ3) is 4.31. The van der Waals surface area contributed by atoms with Gasteiger partial charge in [-0.2, -0.15) is 0 Å². The third-order valence-corrected chi connectivity index (χ3v) is 5.32. The Morgan fingerprint density at radius 1 is 1.07 bits per heavy atom. The van der Waals surface area contributed by atoms with E-state index in [-0.39, 0.29) is 5.91 Å². The molecule has 3 aromatic rings. The third-order valence-electron chi connectivity index (χ3n) is 5.32. The van der Waals surface area contributed by atoms with Crippen LogP contribution >= 0.6 is 0 Å². The SMILES string of the molecule is COc1ccc(C)cc1NC(=O)C(c1ccccc1)N1CCOc2ccccc2C1. The summed E-state index contributed by atoms with van der Waals surface area (Å²) in [5.74, 6) is 1.43. The van der Waals surface area contributed by atoms with Gasteiger partial charge < -0.3 is 14.8 Å². The van der Waals surface area contributed by atoms with Crippen LogP contribution in [0.5, 0.6) is 11.5 Å². The lowest BCUT2D eigenvalue weighted by atomic mass is 10.0. The summed E-state index contributed by atoms with van der Waals surface area (Å²) >= 11 is 0. The van der Waals surface area contributed by atoms with Crippen LogP contribution in [0.15, 0.2) is 72.8 Å². The van der Waals surface area contributed by atoms with E-state index in [0.717, 1.165) is 22.4 Å². The molecule has 1 heterocycles. The van der Waals surface area contributed by atoms with Crippen LogP contribution in [0.25, 0.3) is 0 Å². The van der Waals surface area contributed by atoms with Crippen LogP contribution in [0.2, 0.25) is 0 Å². The number of nitrogens with zero attached hydrogens (tertiary/aromatic N) is 1. The lowest BCUT2D eigenvalue weighted by Crippen LogP contribution is -2.38. The maximum Gasteiger partial charge on any atom is 0.246 e. The van der Waals surface area contributed by atoms with E-state index < -0.39 is 6.04 Å². The molecule has 0 aliphatic carbocycles. The zero-order valence-corrected chi connectivity index (χ0v) is 17.3. The summed E-state index contributed by atoms with van der Waals surface area (Å²) in [6.07, 6.45) is 0. The molecule has 0 radical (unpaired) electrons. The standard InChI is InChI=1S/C25H26N2O3/c1-18-12-13-23(29-2)21(16-18)26-25(28)24(19-8-4-3-5-9-19)27-14-15-30-22-11-7-6-10-20(22)17-27/h3-13,16,24H,14-15,17H2,1-2H3,(H,26,28). The van der Waals surface area contributed by atoms with E-state index in [1.54, 1.807) is 7.11 Å². The fraction of sp³-hybridized carbons (Fsp3) is 0.240. The monoisotopic (exact) mass is 402 g/mol. The summed E-state index contributed by atoms with van der Waals surface area (Å²) in [5, 5.41) is 3.10. The van der Waals surface area contributed by atoms with Gasteiger partial charge in [-0.3, -0.25) is 9.69 Å². The molecule has 3 aromatic carbocycles. The van der Waals surface area contributed by atoms with E-state index in [4.69, 9.17) is 9.47 Å². The average molecular weight is 402 g/mol. The molecule has 1 aliphatic rings. The van der Waals surface area contributed by atoms with Crippen LogP contribution in [0.3, 0.4) is 0 Å². The van der Waals surface area contributed by atoms with Gasteiger partial charge in [0.05, 0.1) is 12.8 Å². The number of benzene rings is 3. The van der Waals surface area contributed by atoms with Crippen molar-refractivity contribution < 1.29 is 14.3 Å². The summed E-state index contributed by atoms with van der Waals surface area (Å²) in [6.45, 7) is 3.80. The second kappa shape index (κ2) is 9.01. The second-order valence-corrected chi connectivity index (χ2v) is 7.43. The van der Waals surface area contributed by atoms with Crippen molar-refractivity contribution in [2.24, 2.45) is 0 Å². The normalized spacial score (nSPS) is 14.7. The summed E-state index contributed by atoms with van der Waals surface area (Å²) in [6, 6.07) is 23.2. The Morgan fingerprint density at radius 3 is 2.63 bits per heavy atom. The van der Waals surface area contributed by atoms with E-state index in [0.29, 0.717) is 31.1 Å². The number of amides is 1. The zero-order valence-electron chi connectivity index (χ0n) is 17.3. The molecule has 1 amide bonds. The van der Waals surface area contributed by atoms with Gasteiger partial charge in [0.25, 0.3) is 0 Å². The second-order valence-electron chi connectivity index (χ2n) is 7.43. The maximum absolute atomic E-state index is 13.6. The fourth-order valence-electron chi connectivity index (χ4n) is 3.85. The molecular weight excluding hydrogens is 376 g/mol. The summed E-state index contributed by atoms with van der Waals surface area (Å²) in [7, 11) is 1.61. The average Bonchev–Trinajstić information content (AvgIpc) is 2.97. The minimum Gasteiger partial charge on any atom is -0.495 e. The van der Waals surface area contributed by atoms with Crippen molar-refractivity contribution in [3.05, 3.63) is 89.5 Å². The number of carbonyl (C=O) groups is 1. The van der Waals surface area contributed by atoms with Gasteiger partial charge in [-0.05, 0) is 36.2 Å². The van der Waals surface area contributed by atoms with Gasteiger partial charge in [0.15, 0.2) is 0 Å². The van der Waals surface area contributed by atoms with Crippen molar-refractivity contribution >= 4 is 11.6 Å². The number of methoxy groups -OCH3 is 1. The molecule has 0 saturated carbocycles. The van der Waals surface area contributed by atoms with E-state index in [1.807, 2.05) is 73.7 Å². The Bertz CT molecular complexity index is 1020. The Labute approximate surface area is 177 Å². The quantitative estimate of drug-likeness (QED) is 0.679. The summed E-state index contributed by atoms with van der Waals surface area (Å²) in [4.78, 5) is 15.7. The Kier molecular flexibility index (Phi) is 6.00. The number of anilines is 1. The van der Waals surface area contributed by atoms with Crippen molar-refractivity contribution in [3.63, 3.8) is 0 Å². The number of fused-ring (bicyclic) bond motifs is 1. The number of ether oxygens (including phenoxy) is 2. The topological polar surface area (TPSA) is 50.8 Å². The number of para-hydroxylation sites is 1. The molecule has 5 nitrogen and oxygen atoms in total. The first-order valence-corrected chi connectivity index (χ1v) is 10.1. The van der Waals surface area contributed by atoms with E-state index in [9.17, 15) is 4.79 Å². The molecule has 0 aromatic heterocycles. The molecule has 30 heavy (non-hydrogen) atoms. The van der Waals surface area contributed by atoms with Crippen molar-refractivity contribution in [1.29, 1.82) is 0 Å². The Morgan fingerprint density at radius 2 is 1.83 bits per heavy atom. The number of rotatable bonds is 5. The van der Waals surface area contributed by atoms with Gasteiger partial charge in [0.2, 0.25) is 5.91 Å². The van der Waals surface area contributed by atoms with Gasteiger partial charge in [-0.15, -0.1) is 0 Å². The smallest absolute Gasteiger partial charge is 0.246 e. The van der Waals surface area contributed by atoms with Gasteiger partial charge >= 0.3 is 0 Å². The highest BCUT2D eigenvalue weighted by Gasteiger charge is 2.30. The number of hydrogen-bond acceptors (Lipinski definition) is 4. The lowest BCUT2D eigenvalue weighted by molar-refractivity contribution is -0.121. The molecule has 0 saturated heterocycles. The molecule has 0 fully saturated rings. The molecule has 1 unspecified atom stereocenters. The first kappa shape index (κ1) is 20.0. The van der Waals surface area contributed by atoms with Crippen LogP contribution in [0.1, 0.15) is 22.7 Å². The fourth-order valence-corrected chi connectivity index (χ4v) is 3.85. The molecule has 0 spiro atoms. The highest BCUT2D eigenvalue weighted by atomic mass is 16.5. The predicted molar refractivity (Wildman–Crippen MR) is 118 cm³/mol. The van der Waals surface area contributed by atoms with Gasteiger partial charge in [0, 0.05) is 18.7 Å². The lowest BCUT2D eigenvalue weighted by Gasteiger charge is -2.30. The highest BCUT2D eigenvalue weighted by Crippen LogP contribution is 2.31. The van der Waals surface area contributed by atoms with Gasteiger partial charge in [0.1, 0.15) is 24.1 Å². The van der Waals surface area contributed by atoms with Gasteiger partial charge in [-0.1, -0.05) is 54.6 Å². The zero-order chi connectivity index (χ0) is 20.9. The van der Waals surface area contributed by atoms with Crippen LogP contribution < -0.4 is 14.8 Å². The van der Waals surface area contributed by atoms with Crippen molar-refractivity contribution in [1.82, 2.24) is 4.90 Å². The van der Waals surface area contributed by atoms with Gasteiger partial charge in [-0.25, -0.2) is 0 Å². The largest absolute Gasteiger partial charge is 0.495 e. The van der Waals surface area contributed by atoms with E-state index in [1.165, 1.54) is 0 Å². The van der Waals surface area contributed by atoms with Crippen molar-refractivity contribution in [2.45, 2.75) is 19.5 Å². The first-order chi connectivity index (χ1) is 14.7. The van der Waals surface area contributed by atoms with Crippen LogP contribution in [0.4, 0.5) is 5.69 Å². The van der Waals surface area contributed by atoms with Crippen molar-refractivity contribution in [3.8, 4) is 11.5 Å². The summed E-state index contributed by atoms with van der Waals surface area (Å²) in [5.41, 5.74) is 3.76. The minimum absolute atomic E-state index is 0.0931. The Balaban J connectivity index is 1.67. The number of hydrogen-bond donors (Lipinski definition) is 1. The van der Waals surface area contributed by atoms with E-state index in [2.05, 4.69) is 16.3 Å². The maximum atomic E-state index is 13.6. The predicted octanol–water partition coefficient (Wildman–Crippen LogP) is 4.58.